The fourth-order valence-electron chi connectivity index (χ4n) is 3.01. The van der Waals surface area contributed by atoms with Crippen molar-refractivity contribution in [3.8, 4) is 0 Å². The first-order chi connectivity index (χ1) is 10.2. The van der Waals surface area contributed by atoms with E-state index in [4.69, 9.17) is 0 Å². The zero-order valence-electron chi connectivity index (χ0n) is 13.9. The van der Waals surface area contributed by atoms with E-state index in [1.807, 2.05) is 0 Å². The molecule has 1 unspecified atom stereocenters. The van der Waals surface area contributed by atoms with Crippen molar-refractivity contribution in [3.63, 3.8) is 0 Å². The van der Waals surface area contributed by atoms with Gasteiger partial charge < -0.3 is 10.2 Å². The van der Waals surface area contributed by atoms with Crippen LogP contribution in [0.5, 0.6) is 0 Å². The Kier molecular flexibility index (Phi) is 6.68. The molecule has 0 aliphatic carbocycles. The third-order valence-corrected chi connectivity index (χ3v) is 4.23. The molecule has 118 valence electrons. The van der Waals surface area contributed by atoms with E-state index in [1.165, 1.54) is 31.6 Å². The summed E-state index contributed by atoms with van der Waals surface area (Å²) in [7, 11) is 2.23. The minimum absolute atomic E-state index is 0.551. The van der Waals surface area contributed by atoms with Crippen LogP contribution >= 0.6 is 0 Å². The van der Waals surface area contributed by atoms with Crippen molar-refractivity contribution in [2.75, 3.05) is 46.3 Å². The molecule has 3 nitrogen and oxygen atoms in total. The van der Waals surface area contributed by atoms with E-state index in [1.54, 1.807) is 0 Å². The Morgan fingerprint density at radius 1 is 1.19 bits per heavy atom. The van der Waals surface area contributed by atoms with Gasteiger partial charge in [0.25, 0.3) is 0 Å². The Labute approximate surface area is 130 Å². The SMILES string of the molecule is CC(C)CNCCCN1CCN(C)CC1c1ccccc1. The summed E-state index contributed by atoms with van der Waals surface area (Å²) < 4.78 is 0. The van der Waals surface area contributed by atoms with Gasteiger partial charge >= 0.3 is 0 Å². The zero-order chi connectivity index (χ0) is 15.1. The third kappa shape index (κ3) is 5.42. The highest BCUT2D eigenvalue weighted by Gasteiger charge is 2.25. The molecule has 1 atom stereocenters. The van der Waals surface area contributed by atoms with Gasteiger partial charge in [0.15, 0.2) is 0 Å². The molecular formula is C18H31N3. The maximum absolute atomic E-state index is 3.55. The summed E-state index contributed by atoms with van der Waals surface area (Å²) in [6.45, 7) is 11.5. The van der Waals surface area contributed by atoms with Gasteiger partial charge in [-0.3, -0.25) is 4.90 Å². The Hall–Kier alpha value is -0.900. The number of piperazine rings is 1. The summed E-state index contributed by atoms with van der Waals surface area (Å²) in [6, 6.07) is 11.5. The predicted molar refractivity (Wildman–Crippen MR) is 90.6 cm³/mol. The van der Waals surface area contributed by atoms with E-state index in [0.29, 0.717) is 6.04 Å². The summed E-state index contributed by atoms with van der Waals surface area (Å²) >= 11 is 0. The van der Waals surface area contributed by atoms with Crippen molar-refractivity contribution in [1.29, 1.82) is 0 Å². The van der Waals surface area contributed by atoms with Crippen LogP contribution in [-0.4, -0.2) is 56.1 Å². The molecule has 1 aromatic carbocycles. The van der Waals surface area contributed by atoms with Crippen LogP contribution in [0.2, 0.25) is 0 Å². The Morgan fingerprint density at radius 3 is 2.67 bits per heavy atom. The molecule has 0 amide bonds. The van der Waals surface area contributed by atoms with Crippen molar-refractivity contribution in [2.24, 2.45) is 5.92 Å². The van der Waals surface area contributed by atoms with Gasteiger partial charge in [-0.05, 0) is 38.0 Å². The van der Waals surface area contributed by atoms with Gasteiger partial charge in [0, 0.05) is 32.2 Å². The van der Waals surface area contributed by atoms with Gasteiger partial charge in [0.05, 0.1) is 0 Å². The molecule has 1 fully saturated rings. The van der Waals surface area contributed by atoms with Crippen LogP contribution in [0.25, 0.3) is 0 Å². The van der Waals surface area contributed by atoms with Crippen molar-refractivity contribution in [1.82, 2.24) is 15.1 Å². The van der Waals surface area contributed by atoms with Crippen LogP contribution in [0.15, 0.2) is 30.3 Å². The molecule has 1 aliphatic rings. The van der Waals surface area contributed by atoms with Gasteiger partial charge in [-0.1, -0.05) is 44.2 Å². The molecule has 21 heavy (non-hydrogen) atoms. The molecule has 1 aliphatic heterocycles. The predicted octanol–water partition coefficient (Wildman–Crippen LogP) is 2.61. The van der Waals surface area contributed by atoms with Crippen LogP contribution in [0, 0.1) is 5.92 Å². The Balaban J connectivity index is 1.84. The number of likely N-dealkylation sites (N-methyl/N-ethyl adjacent to an activating group) is 1. The van der Waals surface area contributed by atoms with Crippen molar-refractivity contribution >= 4 is 0 Å². The molecule has 1 heterocycles. The lowest BCUT2D eigenvalue weighted by Gasteiger charge is -2.40. The van der Waals surface area contributed by atoms with Gasteiger partial charge in [-0.15, -0.1) is 0 Å². The fraction of sp³-hybridized carbons (Fsp3) is 0.667. The molecule has 0 spiro atoms. The summed E-state index contributed by atoms with van der Waals surface area (Å²) in [5.74, 6) is 0.741. The van der Waals surface area contributed by atoms with Gasteiger partial charge in [0.2, 0.25) is 0 Å². The van der Waals surface area contributed by atoms with Crippen molar-refractivity contribution in [3.05, 3.63) is 35.9 Å². The van der Waals surface area contributed by atoms with E-state index in [0.717, 1.165) is 25.6 Å². The largest absolute Gasteiger partial charge is 0.316 e. The monoisotopic (exact) mass is 289 g/mol. The number of benzene rings is 1. The second-order valence-corrected chi connectivity index (χ2v) is 6.68. The Bertz CT molecular complexity index is 391. The average Bonchev–Trinajstić information content (AvgIpc) is 2.49. The molecule has 0 bridgehead atoms. The van der Waals surface area contributed by atoms with Crippen molar-refractivity contribution in [2.45, 2.75) is 26.3 Å². The van der Waals surface area contributed by atoms with Crippen LogP contribution in [0.1, 0.15) is 31.9 Å². The second-order valence-electron chi connectivity index (χ2n) is 6.68. The van der Waals surface area contributed by atoms with Crippen molar-refractivity contribution < 1.29 is 0 Å². The summed E-state index contributed by atoms with van der Waals surface area (Å²) in [5.41, 5.74) is 1.46. The average molecular weight is 289 g/mol. The van der Waals surface area contributed by atoms with E-state index >= 15 is 0 Å². The number of nitrogens with zero attached hydrogens (tertiary/aromatic N) is 2. The quantitative estimate of drug-likeness (QED) is 0.779. The molecule has 1 N–H and O–H groups in total. The van der Waals surface area contributed by atoms with Gasteiger partial charge in [-0.25, -0.2) is 0 Å². The highest BCUT2D eigenvalue weighted by atomic mass is 15.3. The number of hydrogen-bond acceptors (Lipinski definition) is 3. The lowest BCUT2D eigenvalue weighted by atomic mass is 10.0. The molecular weight excluding hydrogens is 258 g/mol. The van der Waals surface area contributed by atoms with E-state index in [-0.39, 0.29) is 0 Å². The first-order valence-corrected chi connectivity index (χ1v) is 8.35. The lowest BCUT2D eigenvalue weighted by Crippen LogP contribution is -2.47. The number of hydrogen-bond donors (Lipinski definition) is 1. The van der Waals surface area contributed by atoms with Gasteiger partial charge in [0.1, 0.15) is 0 Å². The first-order valence-electron chi connectivity index (χ1n) is 8.35. The topological polar surface area (TPSA) is 18.5 Å². The second kappa shape index (κ2) is 8.52. The molecule has 0 saturated carbocycles. The van der Waals surface area contributed by atoms with Crippen LogP contribution in [0.4, 0.5) is 0 Å². The maximum Gasteiger partial charge on any atom is 0.0475 e. The fourth-order valence-corrected chi connectivity index (χ4v) is 3.01. The minimum Gasteiger partial charge on any atom is -0.316 e. The van der Waals surface area contributed by atoms with Crippen LogP contribution < -0.4 is 5.32 Å². The van der Waals surface area contributed by atoms with Gasteiger partial charge in [-0.2, -0.15) is 0 Å². The normalized spacial score (nSPS) is 21.0. The summed E-state index contributed by atoms with van der Waals surface area (Å²) in [5, 5.41) is 3.55. The highest BCUT2D eigenvalue weighted by molar-refractivity contribution is 5.20. The van der Waals surface area contributed by atoms with E-state index in [2.05, 4.69) is 66.3 Å². The zero-order valence-corrected chi connectivity index (χ0v) is 13.9. The molecule has 0 aromatic heterocycles. The molecule has 3 heteroatoms. The number of nitrogens with one attached hydrogen (secondary N) is 1. The minimum atomic E-state index is 0.551. The summed E-state index contributed by atoms with van der Waals surface area (Å²) in [6.07, 6.45) is 1.24. The molecule has 1 saturated heterocycles. The standard InChI is InChI=1S/C18H31N3/c1-16(2)14-19-10-7-11-21-13-12-20(3)15-18(21)17-8-5-4-6-9-17/h4-6,8-9,16,18-19H,7,10-15H2,1-3H3. The smallest absolute Gasteiger partial charge is 0.0475 e. The summed E-state index contributed by atoms with van der Waals surface area (Å²) in [4.78, 5) is 5.11. The van der Waals surface area contributed by atoms with E-state index < -0.39 is 0 Å². The molecule has 0 radical (unpaired) electrons. The van der Waals surface area contributed by atoms with Crippen LogP contribution in [-0.2, 0) is 0 Å². The maximum atomic E-state index is 3.55. The lowest BCUT2D eigenvalue weighted by molar-refractivity contribution is 0.0888. The first kappa shape index (κ1) is 16.5. The molecule has 1 aromatic rings. The third-order valence-electron chi connectivity index (χ3n) is 4.23. The Morgan fingerprint density at radius 2 is 1.95 bits per heavy atom. The van der Waals surface area contributed by atoms with Crippen LogP contribution in [0.3, 0.4) is 0 Å². The molecule has 2 rings (SSSR count). The van der Waals surface area contributed by atoms with E-state index in [9.17, 15) is 0 Å². The highest BCUT2D eigenvalue weighted by Crippen LogP contribution is 2.24. The number of rotatable bonds is 7.